The number of aromatic nitrogens is 1. The zero-order valence-electron chi connectivity index (χ0n) is 17.3. The molecule has 0 radical (unpaired) electrons. The molecule has 0 unspecified atom stereocenters. The second-order valence-electron chi connectivity index (χ2n) is 6.76. The lowest BCUT2D eigenvalue weighted by atomic mass is 10.2. The van der Waals surface area contributed by atoms with Crippen molar-refractivity contribution in [3.05, 3.63) is 58.4 Å². The summed E-state index contributed by atoms with van der Waals surface area (Å²) in [5.74, 6) is -0.362. The van der Waals surface area contributed by atoms with Gasteiger partial charge in [-0.25, -0.2) is 8.42 Å². The standard InChI is InChI=1S/C22H21ClN2O4S2/c1-4-29-21(26)12-18-14(3)22(19-10-15(13-24)8-9-25(18)19)30-16-6-7-20(17(23)11-16)31(27,28)5-2/h6-11H,4-5,12H2,1-3H3. The lowest BCUT2D eigenvalue weighted by Gasteiger charge is -2.08. The highest BCUT2D eigenvalue weighted by Crippen LogP contribution is 2.39. The summed E-state index contributed by atoms with van der Waals surface area (Å²) in [4.78, 5) is 13.9. The minimum atomic E-state index is -3.42. The summed E-state index contributed by atoms with van der Waals surface area (Å²) in [7, 11) is -3.42. The average molecular weight is 477 g/mol. The summed E-state index contributed by atoms with van der Waals surface area (Å²) in [5.41, 5.74) is 2.94. The molecule has 0 spiro atoms. The number of hydrogen-bond acceptors (Lipinski definition) is 6. The van der Waals surface area contributed by atoms with Crippen LogP contribution in [0.15, 0.2) is 51.2 Å². The number of esters is 1. The van der Waals surface area contributed by atoms with Gasteiger partial charge in [0.25, 0.3) is 0 Å². The molecule has 162 valence electrons. The van der Waals surface area contributed by atoms with Crippen molar-refractivity contribution in [3.63, 3.8) is 0 Å². The number of carbonyl (C=O) groups excluding carboxylic acids is 1. The number of halogens is 1. The molecule has 3 aromatic rings. The molecule has 31 heavy (non-hydrogen) atoms. The molecule has 0 aliphatic carbocycles. The van der Waals surface area contributed by atoms with Crippen LogP contribution in [0.25, 0.3) is 5.52 Å². The maximum atomic E-state index is 12.2. The topological polar surface area (TPSA) is 88.6 Å². The molecule has 0 atom stereocenters. The first-order valence-corrected chi connectivity index (χ1v) is 12.5. The molecule has 0 bridgehead atoms. The van der Waals surface area contributed by atoms with Crippen LogP contribution in [0.1, 0.15) is 30.7 Å². The quantitative estimate of drug-likeness (QED) is 0.454. The number of pyridine rings is 1. The summed E-state index contributed by atoms with van der Waals surface area (Å²) in [6, 6.07) is 10.4. The van der Waals surface area contributed by atoms with Gasteiger partial charge in [0.15, 0.2) is 9.84 Å². The Morgan fingerprint density at radius 3 is 2.61 bits per heavy atom. The van der Waals surface area contributed by atoms with E-state index in [-0.39, 0.29) is 28.1 Å². The summed E-state index contributed by atoms with van der Waals surface area (Å²) in [6.07, 6.45) is 1.87. The van der Waals surface area contributed by atoms with Crippen molar-refractivity contribution in [2.45, 2.75) is 41.9 Å². The van der Waals surface area contributed by atoms with Gasteiger partial charge in [0.2, 0.25) is 0 Å². The number of sulfone groups is 1. The molecule has 0 saturated heterocycles. The Kier molecular flexibility index (Phi) is 6.99. The van der Waals surface area contributed by atoms with E-state index >= 15 is 0 Å². The molecule has 2 aromatic heterocycles. The summed E-state index contributed by atoms with van der Waals surface area (Å²) >= 11 is 7.68. The number of benzene rings is 1. The van der Waals surface area contributed by atoms with Gasteiger partial charge in [0.05, 0.1) is 45.8 Å². The van der Waals surface area contributed by atoms with Gasteiger partial charge < -0.3 is 9.14 Å². The van der Waals surface area contributed by atoms with Crippen molar-refractivity contribution in [2.75, 3.05) is 12.4 Å². The Morgan fingerprint density at radius 1 is 1.26 bits per heavy atom. The fraction of sp³-hybridized carbons (Fsp3) is 0.273. The Morgan fingerprint density at radius 2 is 2.00 bits per heavy atom. The van der Waals surface area contributed by atoms with Crippen molar-refractivity contribution in [3.8, 4) is 6.07 Å². The van der Waals surface area contributed by atoms with Crippen LogP contribution in [0.4, 0.5) is 0 Å². The highest BCUT2D eigenvalue weighted by atomic mass is 35.5. The molecular formula is C22H21ClN2O4S2. The molecule has 9 heteroatoms. The highest BCUT2D eigenvalue weighted by Gasteiger charge is 2.21. The van der Waals surface area contributed by atoms with Crippen molar-refractivity contribution in [1.82, 2.24) is 4.40 Å². The number of carbonyl (C=O) groups is 1. The molecular weight excluding hydrogens is 456 g/mol. The predicted molar refractivity (Wildman–Crippen MR) is 120 cm³/mol. The first-order valence-electron chi connectivity index (χ1n) is 9.61. The van der Waals surface area contributed by atoms with E-state index in [1.54, 1.807) is 44.3 Å². The number of rotatable bonds is 7. The van der Waals surface area contributed by atoms with E-state index in [2.05, 4.69) is 6.07 Å². The number of nitriles is 1. The van der Waals surface area contributed by atoms with Gasteiger partial charge in [-0.1, -0.05) is 30.3 Å². The maximum Gasteiger partial charge on any atom is 0.311 e. The molecule has 1 aromatic carbocycles. The molecule has 3 rings (SSSR count). The largest absolute Gasteiger partial charge is 0.466 e. The Bertz CT molecular complexity index is 1310. The Balaban J connectivity index is 2.09. The highest BCUT2D eigenvalue weighted by molar-refractivity contribution is 7.99. The van der Waals surface area contributed by atoms with E-state index in [0.717, 1.165) is 26.6 Å². The number of hydrogen-bond donors (Lipinski definition) is 0. The van der Waals surface area contributed by atoms with E-state index in [1.165, 1.54) is 17.8 Å². The van der Waals surface area contributed by atoms with Crippen LogP contribution < -0.4 is 0 Å². The van der Waals surface area contributed by atoms with Gasteiger partial charge in [-0.15, -0.1) is 0 Å². The van der Waals surface area contributed by atoms with E-state index < -0.39 is 9.84 Å². The van der Waals surface area contributed by atoms with Crippen molar-refractivity contribution < 1.29 is 17.9 Å². The summed E-state index contributed by atoms with van der Waals surface area (Å²) < 4.78 is 31.4. The van der Waals surface area contributed by atoms with E-state index in [4.69, 9.17) is 16.3 Å². The smallest absolute Gasteiger partial charge is 0.311 e. The van der Waals surface area contributed by atoms with Crippen LogP contribution in [0.3, 0.4) is 0 Å². The first kappa shape index (κ1) is 23.2. The fourth-order valence-corrected chi connectivity index (χ4v) is 5.87. The van der Waals surface area contributed by atoms with Gasteiger partial charge in [-0.05, 0) is 49.7 Å². The zero-order chi connectivity index (χ0) is 22.8. The number of fused-ring (bicyclic) bond motifs is 1. The molecule has 0 fully saturated rings. The van der Waals surface area contributed by atoms with Crippen LogP contribution >= 0.6 is 23.4 Å². The van der Waals surface area contributed by atoms with Crippen LogP contribution in [-0.2, 0) is 25.8 Å². The van der Waals surface area contributed by atoms with Gasteiger partial charge in [-0.3, -0.25) is 4.79 Å². The van der Waals surface area contributed by atoms with E-state index in [1.807, 2.05) is 11.3 Å². The monoisotopic (exact) mass is 476 g/mol. The Hall–Kier alpha value is -2.47. The molecule has 2 heterocycles. The number of nitrogens with zero attached hydrogens (tertiary/aromatic N) is 2. The third-order valence-corrected chi connectivity index (χ3v) is 8.26. The fourth-order valence-electron chi connectivity index (χ4n) is 3.25. The molecule has 0 N–H and O–H groups in total. The third-order valence-electron chi connectivity index (χ3n) is 4.84. The molecule has 0 aliphatic rings. The van der Waals surface area contributed by atoms with Crippen LogP contribution in [0.5, 0.6) is 0 Å². The first-order chi connectivity index (χ1) is 14.7. The van der Waals surface area contributed by atoms with Gasteiger partial charge in [0, 0.05) is 21.7 Å². The second-order valence-corrected chi connectivity index (χ2v) is 10.5. The van der Waals surface area contributed by atoms with E-state index in [0.29, 0.717) is 12.2 Å². The van der Waals surface area contributed by atoms with Crippen LogP contribution in [0, 0.1) is 18.3 Å². The van der Waals surface area contributed by atoms with Gasteiger partial charge in [-0.2, -0.15) is 5.26 Å². The lowest BCUT2D eigenvalue weighted by Crippen LogP contribution is -2.10. The maximum absolute atomic E-state index is 12.2. The molecule has 0 saturated carbocycles. The third kappa shape index (κ3) is 4.74. The second kappa shape index (κ2) is 9.35. The average Bonchev–Trinajstić information content (AvgIpc) is 2.99. The summed E-state index contributed by atoms with van der Waals surface area (Å²) in [6.45, 7) is 5.54. The molecule has 0 aliphatic heterocycles. The van der Waals surface area contributed by atoms with Crippen molar-refractivity contribution >= 4 is 44.7 Å². The summed E-state index contributed by atoms with van der Waals surface area (Å²) in [5, 5.41) is 9.49. The van der Waals surface area contributed by atoms with Crippen molar-refractivity contribution in [2.24, 2.45) is 0 Å². The van der Waals surface area contributed by atoms with Gasteiger partial charge >= 0.3 is 5.97 Å². The minimum Gasteiger partial charge on any atom is -0.466 e. The minimum absolute atomic E-state index is 0.0311. The van der Waals surface area contributed by atoms with E-state index in [9.17, 15) is 18.5 Å². The Labute approximate surface area is 190 Å². The molecule has 0 amide bonds. The molecule has 6 nitrogen and oxygen atoms in total. The lowest BCUT2D eigenvalue weighted by molar-refractivity contribution is -0.142. The van der Waals surface area contributed by atoms with Gasteiger partial charge in [0.1, 0.15) is 0 Å². The number of ether oxygens (including phenoxy) is 1. The predicted octanol–water partition coefficient (Wildman–Crippen LogP) is 4.82. The zero-order valence-corrected chi connectivity index (χ0v) is 19.7. The van der Waals surface area contributed by atoms with Crippen LogP contribution in [0.2, 0.25) is 5.02 Å². The normalized spacial score (nSPS) is 11.5. The van der Waals surface area contributed by atoms with Crippen molar-refractivity contribution in [1.29, 1.82) is 5.26 Å². The SMILES string of the molecule is CCOC(=O)Cc1c(C)c(Sc2ccc(S(=O)(=O)CC)c(Cl)c2)c2cc(C#N)ccn12. The van der Waals surface area contributed by atoms with Crippen LogP contribution in [-0.4, -0.2) is 31.1 Å².